The van der Waals surface area contributed by atoms with E-state index < -0.39 is 0 Å². The third kappa shape index (κ3) is 3.64. The van der Waals surface area contributed by atoms with Crippen LogP contribution in [0.15, 0.2) is 30.3 Å². The number of aliphatic hydroxyl groups excluding tert-OH is 1. The molecule has 1 saturated heterocycles. The summed E-state index contributed by atoms with van der Waals surface area (Å²) in [5, 5.41) is 8.88. The van der Waals surface area contributed by atoms with Crippen LogP contribution in [0.3, 0.4) is 0 Å². The number of rotatable bonds is 4. The summed E-state index contributed by atoms with van der Waals surface area (Å²) in [6.45, 7) is 1.56. The molecule has 1 heterocycles. The lowest BCUT2D eigenvalue weighted by Gasteiger charge is -2.13. The van der Waals surface area contributed by atoms with Crippen molar-refractivity contribution in [3.8, 4) is 0 Å². The van der Waals surface area contributed by atoms with Gasteiger partial charge in [0.2, 0.25) is 5.91 Å². The van der Waals surface area contributed by atoms with Gasteiger partial charge in [-0.2, -0.15) is 0 Å². The number of nitrogens with zero attached hydrogens (tertiary/aromatic N) is 1. The quantitative estimate of drug-likeness (QED) is 0.845. The summed E-state index contributed by atoms with van der Waals surface area (Å²) in [7, 11) is 0. The minimum atomic E-state index is -0.328. The molecule has 0 aliphatic carbocycles. The number of carbonyl (C=O) groups excluding carboxylic acids is 1. The zero-order chi connectivity index (χ0) is 13.7. The van der Waals surface area contributed by atoms with Crippen LogP contribution >= 0.6 is 0 Å². The fourth-order valence-corrected chi connectivity index (χ4v) is 2.33. The highest BCUT2D eigenvalue weighted by Crippen LogP contribution is 2.19. The Hall–Kier alpha value is -1.68. The minimum Gasteiger partial charge on any atom is -0.396 e. The van der Waals surface area contributed by atoms with Crippen LogP contribution < -0.4 is 0 Å². The van der Waals surface area contributed by atoms with E-state index in [-0.39, 0.29) is 18.3 Å². The van der Waals surface area contributed by atoms with E-state index in [0.717, 1.165) is 12.8 Å². The lowest BCUT2D eigenvalue weighted by Crippen LogP contribution is -2.26. The van der Waals surface area contributed by atoms with Crippen molar-refractivity contribution in [1.29, 1.82) is 0 Å². The maximum atomic E-state index is 13.4. The highest BCUT2D eigenvalue weighted by atomic mass is 19.1. The van der Waals surface area contributed by atoms with E-state index in [1.165, 1.54) is 18.2 Å². The first-order valence-corrected chi connectivity index (χ1v) is 6.53. The number of aliphatic hydroxyl groups is 1. The van der Waals surface area contributed by atoms with Crippen LogP contribution in [0.2, 0.25) is 0 Å². The molecule has 1 unspecified atom stereocenters. The van der Waals surface area contributed by atoms with Gasteiger partial charge in [-0.05, 0) is 30.9 Å². The van der Waals surface area contributed by atoms with Gasteiger partial charge in [-0.1, -0.05) is 18.2 Å². The van der Waals surface area contributed by atoms with Gasteiger partial charge in [0.05, 0.1) is 0 Å². The predicted octanol–water partition coefficient (Wildman–Crippen LogP) is 2.07. The molecule has 3 nitrogen and oxygen atoms in total. The first kappa shape index (κ1) is 13.7. The second-order valence-corrected chi connectivity index (χ2v) is 4.81. The maximum Gasteiger partial charge on any atom is 0.246 e. The molecule has 0 radical (unpaired) electrons. The second-order valence-electron chi connectivity index (χ2n) is 4.81. The van der Waals surface area contributed by atoms with Gasteiger partial charge in [-0.15, -0.1) is 0 Å². The van der Waals surface area contributed by atoms with Gasteiger partial charge in [-0.25, -0.2) is 4.39 Å². The van der Waals surface area contributed by atoms with Crippen molar-refractivity contribution in [3.63, 3.8) is 0 Å². The number of benzene rings is 1. The first-order valence-electron chi connectivity index (χ1n) is 6.53. The molecule has 0 bridgehead atoms. The molecular formula is C15H18FNO2. The molecule has 0 spiro atoms. The lowest BCUT2D eigenvalue weighted by atomic mass is 10.1. The van der Waals surface area contributed by atoms with Crippen LogP contribution in [0.4, 0.5) is 4.39 Å². The number of amides is 1. The van der Waals surface area contributed by atoms with E-state index in [9.17, 15) is 9.18 Å². The third-order valence-electron chi connectivity index (χ3n) is 3.45. The maximum absolute atomic E-state index is 13.4. The van der Waals surface area contributed by atoms with Crippen LogP contribution in [-0.4, -0.2) is 35.6 Å². The van der Waals surface area contributed by atoms with E-state index in [2.05, 4.69) is 0 Å². The van der Waals surface area contributed by atoms with Gasteiger partial charge in [0.25, 0.3) is 0 Å². The molecule has 102 valence electrons. The van der Waals surface area contributed by atoms with E-state index in [1.54, 1.807) is 23.1 Å². The lowest BCUT2D eigenvalue weighted by molar-refractivity contribution is -0.125. The molecule has 1 aromatic carbocycles. The van der Waals surface area contributed by atoms with Crippen LogP contribution in [-0.2, 0) is 4.79 Å². The van der Waals surface area contributed by atoms with Crippen molar-refractivity contribution >= 4 is 12.0 Å². The van der Waals surface area contributed by atoms with Gasteiger partial charge >= 0.3 is 0 Å². The SMILES string of the molecule is O=C(/C=C/c1ccccc1F)N1CCC(CCO)C1. The molecule has 19 heavy (non-hydrogen) atoms. The Balaban J connectivity index is 1.93. The van der Waals surface area contributed by atoms with Gasteiger partial charge in [0.15, 0.2) is 0 Å². The van der Waals surface area contributed by atoms with Crippen LogP contribution in [0.25, 0.3) is 6.08 Å². The Morgan fingerprint density at radius 1 is 1.47 bits per heavy atom. The molecule has 2 rings (SSSR count). The van der Waals surface area contributed by atoms with Crippen LogP contribution in [0, 0.1) is 11.7 Å². The Labute approximate surface area is 112 Å². The molecule has 1 fully saturated rings. The summed E-state index contributed by atoms with van der Waals surface area (Å²) in [5.41, 5.74) is 0.418. The Morgan fingerprint density at radius 2 is 2.26 bits per heavy atom. The average molecular weight is 263 g/mol. The molecule has 1 atom stereocenters. The molecule has 1 aliphatic rings. The highest BCUT2D eigenvalue weighted by molar-refractivity contribution is 5.92. The standard InChI is InChI=1S/C15H18FNO2/c16-14-4-2-1-3-13(14)5-6-15(19)17-9-7-12(11-17)8-10-18/h1-6,12,18H,7-11H2/b6-5+. The number of halogens is 1. The van der Waals surface area contributed by atoms with Gasteiger partial charge in [0.1, 0.15) is 5.82 Å². The van der Waals surface area contributed by atoms with E-state index >= 15 is 0 Å². The summed E-state index contributed by atoms with van der Waals surface area (Å²) in [6, 6.07) is 6.36. The van der Waals surface area contributed by atoms with Crippen LogP contribution in [0.5, 0.6) is 0 Å². The van der Waals surface area contributed by atoms with E-state index in [0.29, 0.717) is 24.6 Å². The van der Waals surface area contributed by atoms with Crippen molar-refractivity contribution in [2.24, 2.45) is 5.92 Å². The molecule has 1 N–H and O–H groups in total. The fourth-order valence-electron chi connectivity index (χ4n) is 2.33. The zero-order valence-electron chi connectivity index (χ0n) is 10.8. The van der Waals surface area contributed by atoms with E-state index in [4.69, 9.17) is 5.11 Å². The van der Waals surface area contributed by atoms with Crippen molar-refractivity contribution in [2.45, 2.75) is 12.8 Å². The molecule has 1 aliphatic heterocycles. The number of likely N-dealkylation sites (tertiary alicyclic amines) is 1. The number of carbonyl (C=O) groups is 1. The largest absolute Gasteiger partial charge is 0.396 e. The minimum absolute atomic E-state index is 0.0938. The Kier molecular flexibility index (Phi) is 4.68. The smallest absolute Gasteiger partial charge is 0.246 e. The summed E-state index contributed by atoms with van der Waals surface area (Å²) >= 11 is 0. The monoisotopic (exact) mass is 263 g/mol. The first-order chi connectivity index (χ1) is 9.20. The molecular weight excluding hydrogens is 245 g/mol. The van der Waals surface area contributed by atoms with Crippen LogP contribution in [0.1, 0.15) is 18.4 Å². The van der Waals surface area contributed by atoms with Gasteiger partial charge in [-0.3, -0.25) is 4.79 Å². The van der Waals surface area contributed by atoms with Crippen molar-refractivity contribution in [2.75, 3.05) is 19.7 Å². The summed E-state index contributed by atoms with van der Waals surface area (Å²) in [4.78, 5) is 13.7. The zero-order valence-corrected chi connectivity index (χ0v) is 10.8. The molecule has 1 aromatic rings. The normalized spacial score (nSPS) is 19.3. The third-order valence-corrected chi connectivity index (χ3v) is 3.45. The molecule has 0 saturated carbocycles. The summed E-state index contributed by atoms with van der Waals surface area (Å²) in [5.74, 6) is -0.0365. The van der Waals surface area contributed by atoms with Gasteiger partial charge < -0.3 is 10.0 Å². The molecule has 0 aromatic heterocycles. The number of hydrogen-bond donors (Lipinski definition) is 1. The van der Waals surface area contributed by atoms with E-state index in [1.807, 2.05) is 0 Å². The number of hydrogen-bond acceptors (Lipinski definition) is 2. The average Bonchev–Trinajstić information content (AvgIpc) is 2.87. The highest BCUT2D eigenvalue weighted by Gasteiger charge is 2.24. The van der Waals surface area contributed by atoms with Crippen molar-refractivity contribution < 1.29 is 14.3 Å². The predicted molar refractivity (Wildman–Crippen MR) is 71.8 cm³/mol. The Bertz CT molecular complexity index is 473. The summed E-state index contributed by atoms with van der Waals surface area (Å²) in [6.07, 6.45) is 4.59. The van der Waals surface area contributed by atoms with Crippen molar-refractivity contribution in [3.05, 3.63) is 41.7 Å². The second kappa shape index (κ2) is 6.48. The van der Waals surface area contributed by atoms with Crippen molar-refractivity contribution in [1.82, 2.24) is 4.90 Å². The molecule has 4 heteroatoms. The summed E-state index contributed by atoms with van der Waals surface area (Å²) < 4.78 is 13.4. The van der Waals surface area contributed by atoms with Gasteiger partial charge in [0, 0.05) is 31.3 Å². The molecule has 1 amide bonds. The topological polar surface area (TPSA) is 40.5 Å². The fraction of sp³-hybridized carbons (Fsp3) is 0.400. The Morgan fingerprint density at radius 3 is 3.00 bits per heavy atom.